The topological polar surface area (TPSA) is 58.5 Å². The lowest BCUT2D eigenvalue weighted by atomic mass is 10.1. The predicted molar refractivity (Wildman–Crippen MR) is 109 cm³/mol. The third-order valence-electron chi connectivity index (χ3n) is 3.39. The second-order valence-corrected chi connectivity index (χ2v) is 5.21. The predicted octanol–water partition coefficient (Wildman–Crippen LogP) is 3.15. The van der Waals surface area contributed by atoms with Crippen molar-refractivity contribution in [2.75, 3.05) is 20.2 Å². The molecule has 0 fully saturated rings. The van der Waals surface area contributed by atoms with Crippen molar-refractivity contribution in [3.8, 4) is 5.88 Å². The molecule has 5 nitrogen and oxygen atoms in total. The molecular formula is C18H24FIN4O. The van der Waals surface area contributed by atoms with Crippen molar-refractivity contribution in [3.05, 3.63) is 59.5 Å². The molecule has 0 atom stereocenters. The number of aliphatic imine (C=N–C) groups is 1. The molecule has 2 rings (SSSR count). The number of rotatable bonds is 7. The number of halogens is 2. The van der Waals surface area contributed by atoms with E-state index in [1.54, 1.807) is 25.4 Å². The third kappa shape index (κ3) is 7.68. The highest BCUT2D eigenvalue weighted by atomic mass is 127. The van der Waals surface area contributed by atoms with Crippen molar-refractivity contribution in [2.24, 2.45) is 4.99 Å². The van der Waals surface area contributed by atoms with Crippen molar-refractivity contribution in [2.45, 2.75) is 19.9 Å². The summed E-state index contributed by atoms with van der Waals surface area (Å²) in [6, 6.07) is 10.3. The molecule has 0 saturated heterocycles. The summed E-state index contributed by atoms with van der Waals surface area (Å²) in [5.41, 5.74) is 2.09. The summed E-state index contributed by atoms with van der Waals surface area (Å²) in [5.74, 6) is 1.12. The van der Waals surface area contributed by atoms with E-state index in [-0.39, 0.29) is 29.8 Å². The van der Waals surface area contributed by atoms with Crippen LogP contribution in [-0.2, 0) is 13.0 Å². The van der Waals surface area contributed by atoms with E-state index in [1.807, 2.05) is 19.1 Å². The minimum Gasteiger partial charge on any atom is -0.481 e. The number of methoxy groups -OCH3 is 1. The van der Waals surface area contributed by atoms with Crippen molar-refractivity contribution in [1.29, 1.82) is 0 Å². The number of guanidine groups is 1. The lowest BCUT2D eigenvalue weighted by Gasteiger charge is -2.11. The van der Waals surface area contributed by atoms with Crippen molar-refractivity contribution >= 4 is 29.9 Å². The van der Waals surface area contributed by atoms with E-state index in [9.17, 15) is 4.39 Å². The van der Waals surface area contributed by atoms with Gasteiger partial charge in [-0.1, -0.05) is 18.2 Å². The van der Waals surface area contributed by atoms with Crippen LogP contribution in [0.4, 0.5) is 4.39 Å². The molecule has 0 aliphatic rings. The molecule has 25 heavy (non-hydrogen) atoms. The van der Waals surface area contributed by atoms with Gasteiger partial charge in [-0.2, -0.15) is 0 Å². The van der Waals surface area contributed by atoms with E-state index in [2.05, 4.69) is 20.6 Å². The molecule has 1 aromatic carbocycles. The van der Waals surface area contributed by atoms with Crippen LogP contribution in [0.25, 0.3) is 0 Å². The van der Waals surface area contributed by atoms with Crippen LogP contribution in [0.1, 0.15) is 18.1 Å². The highest BCUT2D eigenvalue weighted by Gasteiger charge is 2.00. The summed E-state index contributed by atoms with van der Waals surface area (Å²) < 4.78 is 17.9. The van der Waals surface area contributed by atoms with Gasteiger partial charge in [0.05, 0.1) is 13.7 Å². The summed E-state index contributed by atoms with van der Waals surface area (Å²) in [7, 11) is 1.59. The molecule has 0 unspecified atom stereocenters. The molecule has 0 aliphatic heterocycles. The molecule has 2 N–H and O–H groups in total. The van der Waals surface area contributed by atoms with Crippen LogP contribution >= 0.6 is 24.0 Å². The molecule has 2 aromatic rings. The van der Waals surface area contributed by atoms with E-state index in [4.69, 9.17) is 4.74 Å². The molecule has 0 spiro atoms. The first-order valence-corrected chi connectivity index (χ1v) is 7.97. The van der Waals surface area contributed by atoms with Crippen LogP contribution in [0, 0.1) is 5.82 Å². The number of pyridine rings is 1. The average molecular weight is 458 g/mol. The number of nitrogens with one attached hydrogen (secondary N) is 2. The van der Waals surface area contributed by atoms with Crippen LogP contribution in [0.15, 0.2) is 47.6 Å². The number of hydrogen-bond acceptors (Lipinski definition) is 3. The summed E-state index contributed by atoms with van der Waals surface area (Å²) in [5, 5.41) is 6.48. The maximum atomic E-state index is 12.9. The van der Waals surface area contributed by atoms with Gasteiger partial charge in [-0.15, -0.1) is 24.0 Å². The number of nitrogens with zero attached hydrogens (tertiary/aromatic N) is 2. The van der Waals surface area contributed by atoms with Crippen LogP contribution in [0.5, 0.6) is 5.88 Å². The monoisotopic (exact) mass is 458 g/mol. The van der Waals surface area contributed by atoms with Gasteiger partial charge in [0.1, 0.15) is 5.82 Å². The van der Waals surface area contributed by atoms with E-state index in [1.165, 1.54) is 12.1 Å². The molecule has 7 heteroatoms. The van der Waals surface area contributed by atoms with E-state index < -0.39 is 0 Å². The Morgan fingerprint density at radius 2 is 1.84 bits per heavy atom. The Hall–Kier alpha value is -1.90. The van der Waals surface area contributed by atoms with Gasteiger partial charge in [-0.25, -0.2) is 14.4 Å². The van der Waals surface area contributed by atoms with Gasteiger partial charge in [0, 0.05) is 25.4 Å². The zero-order chi connectivity index (χ0) is 17.2. The van der Waals surface area contributed by atoms with Gasteiger partial charge >= 0.3 is 0 Å². The Bertz CT molecular complexity index is 647. The highest BCUT2D eigenvalue weighted by Crippen LogP contribution is 2.07. The van der Waals surface area contributed by atoms with E-state index in [0.717, 1.165) is 36.6 Å². The number of aromatic nitrogens is 1. The standard InChI is InChI=1S/C18H23FN4O.HI/c1-3-20-18(21-11-10-14-4-7-16(19)8-5-14)23-13-15-6-9-17(24-2)22-12-15;/h4-9,12H,3,10-11,13H2,1-2H3,(H2,20,21,23);1H. The minimum atomic E-state index is -0.213. The smallest absolute Gasteiger partial charge is 0.212 e. The fourth-order valence-electron chi connectivity index (χ4n) is 2.11. The summed E-state index contributed by atoms with van der Waals surface area (Å²) in [6.07, 6.45) is 2.55. The molecule has 0 saturated carbocycles. The van der Waals surface area contributed by atoms with E-state index >= 15 is 0 Å². The van der Waals surface area contributed by atoms with Crippen molar-refractivity contribution in [1.82, 2.24) is 15.6 Å². The van der Waals surface area contributed by atoms with Gasteiger partial charge in [0.15, 0.2) is 5.96 Å². The quantitative estimate of drug-likeness (QED) is 0.381. The molecule has 1 heterocycles. The van der Waals surface area contributed by atoms with Crippen LogP contribution in [0.3, 0.4) is 0 Å². The zero-order valence-electron chi connectivity index (χ0n) is 14.5. The Labute approximate surface area is 165 Å². The highest BCUT2D eigenvalue weighted by molar-refractivity contribution is 14.0. The zero-order valence-corrected chi connectivity index (χ0v) is 16.8. The number of ether oxygens (including phenoxy) is 1. The van der Waals surface area contributed by atoms with Gasteiger partial charge < -0.3 is 15.4 Å². The molecule has 0 aliphatic carbocycles. The van der Waals surface area contributed by atoms with Gasteiger partial charge in [0.2, 0.25) is 5.88 Å². The Kier molecular flexibility index (Phi) is 9.83. The molecule has 0 amide bonds. The summed E-state index contributed by atoms with van der Waals surface area (Å²) in [4.78, 5) is 8.71. The lowest BCUT2D eigenvalue weighted by Crippen LogP contribution is -2.38. The summed E-state index contributed by atoms with van der Waals surface area (Å²) >= 11 is 0. The van der Waals surface area contributed by atoms with Crippen molar-refractivity contribution < 1.29 is 9.13 Å². The molecule has 0 radical (unpaired) electrons. The summed E-state index contributed by atoms with van der Waals surface area (Å²) in [6.45, 7) is 4.05. The largest absolute Gasteiger partial charge is 0.481 e. The fraction of sp³-hybridized carbons (Fsp3) is 0.333. The third-order valence-corrected chi connectivity index (χ3v) is 3.39. The van der Waals surface area contributed by atoms with Crippen LogP contribution < -0.4 is 15.4 Å². The fourth-order valence-corrected chi connectivity index (χ4v) is 2.11. The van der Waals surface area contributed by atoms with Gasteiger partial charge in [-0.05, 0) is 36.6 Å². The molecule has 1 aromatic heterocycles. The minimum absolute atomic E-state index is 0. The van der Waals surface area contributed by atoms with Crippen LogP contribution in [0.2, 0.25) is 0 Å². The number of hydrogen-bond donors (Lipinski definition) is 2. The van der Waals surface area contributed by atoms with Gasteiger partial charge in [0.25, 0.3) is 0 Å². The molecule has 136 valence electrons. The first-order chi connectivity index (χ1) is 11.7. The second kappa shape index (κ2) is 11.6. The maximum Gasteiger partial charge on any atom is 0.212 e. The Balaban J connectivity index is 0.00000312. The maximum absolute atomic E-state index is 12.9. The molecular weight excluding hydrogens is 434 g/mol. The second-order valence-electron chi connectivity index (χ2n) is 5.21. The Morgan fingerprint density at radius 3 is 2.44 bits per heavy atom. The Morgan fingerprint density at radius 1 is 1.12 bits per heavy atom. The average Bonchev–Trinajstić information content (AvgIpc) is 2.62. The lowest BCUT2D eigenvalue weighted by molar-refractivity contribution is 0.397. The van der Waals surface area contributed by atoms with E-state index in [0.29, 0.717) is 12.4 Å². The first kappa shape index (κ1) is 21.1. The number of benzene rings is 1. The molecule has 0 bridgehead atoms. The van der Waals surface area contributed by atoms with Crippen LogP contribution in [-0.4, -0.2) is 31.1 Å². The normalized spacial score (nSPS) is 10.8. The van der Waals surface area contributed by atoms with Crippen molar-refractivity contribution in [3.63, 3.8) is 0 Å². The first-order valence-electron chi connectivity index (χ1n) is 7.97. The van der Waals surface area contributed by atoms with Gasteiger partial charge in [-0.3, -0.25) is 0 Å². The SMILES string of the molecule is CCNC(=NCc1ccc(OC)nc1)NCCc1ccc(F)cc1.I.